The van der Waals surface area contributed by atoms with Crippen molar-refractivity contribution in [2.45, 2.75) is 44.3 Å². The van der Waals surface area contributed by atoms with Crippen molar-refractivity contribution in [3.05, 3.63) is 0 Å². The first kappa shape index (κ1) is 17.1. The van der Waals surface area contributed by atoms with Gasteiger partial charge in [-0.3, -0.25) is 4.79 Å². The van der Waals surface area contributed by atoms with E-state index >= 15 is 0 Å². The van der Waals surface area contributed by atoms with Crippen LogP contribution in [-0.4, -0.2) is 53.9 Å². The van der Waals surface area contributed by atoms with E-state index in [1.54, 1.807) is 0 Å². The zero-order valence-electron chi connectivity index (χ0n) is 12.1. The van der Waals surface area contributed by atoms with Crippen LogP contribution in [0.3, 0.4) is 0 Å². The molecule has 2 aliphatic rings. The largest absolute Gasteiger partial charge is 0.480 e. The van der Waals surface area contributed by atoms with Crippen LogP contribution >= 0.6 is 0 Å². The minimum absolute atomic E-state index is 0.0398. The first-order valence-corrected chi connectivity index (χ1v) is 7.45. The molecular weight excluding hydrogens is 303 g/mol. The van der Waals surface area contributed by atoms with E-state index in [0.717, 1.165) is 0 Å². The number of rotatable bonds is 3. The second-order valence-corrected chi connectivity index (χ2v) is 5.98. The van der Waals surface area contributed by atoms with Crippen molar-refractivity contribution in [1.82, 2.24) is 4.90 Å². The van der Waals surface area contributed by atoms with E-state index in [1.165, 1.54) is 4.90 Å². The van der Waals surface area contributed by atoms with E-state index in [2.05, 4.69) is 0 Å². The highest BCUT2D eigenvalue weighted by atomic mass is 19.4. The first-order chi connectivity index (χ1) is 10.3. The van der Waals surface area contributed by atoms with Crippen LogP contribution in [0.25, 0.3) is 0 Å². The number of amides is 1. The highest BCUT2D eigenvalue weighted by Gasteiger charge is 2.42. The van der Waals surface area contributed by atoms with Gasteiger partial charge in [0.05, 0.1) is 19.1 Å². The summed E-state index contributed by atoms with van der Waals surface area (Å²) >= 11 is 0. The summed E-state index contributed by atoms with van der Waals surface area (Å²) in [5, 5.41) is 9.09. The fourth-order valence-electron chi connectivity index (χ4n) is 3.16. The molecule has 2 fully saturated rings. The molecule has 1 saturated carbocycles. The van der Waals surface area contributed by atoms with Gasteiger partial charge in [-0.15, -0.1) is 0 Å². The number of aliphatic carboxylic acids is 1. The van der Waals surface area contributed by atoms with E-state index in [-0.39, 0.29) is 50.8 Å². The molecule has 1 unspecified atom stereocenters. The van der Waals surface area contributed by atoms with E-state index in [4.69, 9.17) is 9.84 Å². The number of carbonyl (C=O) groups is 2. The number of nitrogens with zero attached hydrogens (tertiary/aromatic N) is 1. The van der Waals surface area contributed by atoms with Crippen molar-refractivity contribution in [1.29, 1.82) is 0 Å². The Morgan fingerprint density at radius 1 is 1.18 bits per heavy atom. The summed E-state index contributed by atoms with van der Waals surface area (Å²) in [5.41, 5.74) is 0. The summed E-state index contributed by atoms with van der Waals surface area (Å²) in [4.78, 5) is 24.6. The van der Waals surface area contributed by atoms with Gasteiger partial charge in [-0.2, -0.15) is 13.2 Å². The lowest BCUT2D eigenvalue weighted by atomic mass is 9.80. The third-order valence-corrected chi connectivity index (χ3v) is 4.51. The standard InChI is InChI=1S/C14H20F3NO4/c15-14(16,17)10-3-1-9(2-4-10)7-12(19)18-5-6-22-8-11(18)13(20)21/h9-11H,1-8H2,(H,20,21). The molecule has 5 nitrogen and oxygen atoms in total. The Bertz CT molecular complexity index is 419. The molecule has 1 saturated heterocycles. The van der Waals surface area contributed by atoms with Gasteiger partial charge in [0.25, 0.3) is 0 Å². The van der Waals surface area contributed by atoms with Gasteiger partial charge >= 0.3 is 12.1 Å². The molecule has 1 aliphatic carbocycles. The summed E-state index contributed by atoms with van der Waals surface area (Å²) in [7, 11) is 0. The highest BCUT2D eigenvalue weighted by Crippen LogP contribution is 2.40. The third-order valence-electron chi connectivity index (χ3n) is 4.51. The predicted octanol–water partition coefficient (Wildman–Crippen LogP) is 2.06. The van der Waals surface area contributed by atoms with Gasteiger partial charge < -0.3 is 14.7 Å². The van der Waals surface area contributed by atoms with Gasteiger partial charge in [0.15, 0.2) is 6.04 Å². The molecule has 0 spiro atoms. The highest BCUT2D eigenvalue weighted by molar-refractivity contribution is 5.84. The second kappa shape index (κ2) is 6.85. The van der Waals surface area contributed by atoms with Crippen molar-refractivity contribution in [2.24, 2.45) is 11.8 Å². The summed E-state index contributed by atoms with van der Waals surface area (Å²) in [6.07, 6.45) is -3.22. The topological polar surface area (TPSA) is 66.8 Å². The second-order valence-electron chi connectivity index (χ2n) is 5.98. The van der Waals surface area contributed by atoms with Crippen molar-refractivity contribution in [3.8, 4) is 0 Å². The maximum Gasteiger partial charge on any atom is 0.391 e. The molecule has 126 valence electrons. The Balaban J connectivity index is 1.86. The number of hydrogen-bond donors (Lipinski definition) is 1. The summed E-state index contributed by atoms with van der Waals surface area (Å²) in [6.45, 7) is 0.464. The quantitative estimate of drug-likeness (QED) is 0.863. The molecule has 0 radical (unpaired) electrons. The molecule has 2 rings (SSSR count). The average Bonchev–Trinajstić information content (AvgIpc) is 2.46. The Morgan fingerprint density at radius 3 is 2.36 bits per heavy atom. The summed E-state index contributed by atoms with van der Waals surface area (Å²) < 4.78 is 42.9. The lowest BCUT2D eigenvalue weighted by Crippen LogP contribution is -2.53. The number of ether oxygens (including phenoxy) is 1. The van der Waals surface area contributed by atoms with Crippen LogP contribution in [0.15, 0.2) is 0 Å². The maximum absolute atomic E-state index is 12.6. The van der Waals surface area contributed by atoms with Crippen LogP contribution in [0, 0.1) is 11.8 Å². The van der Waals surface area contributed by atoms with E-state index in [1.807, 2.05) is 0 Å². The van der Waals surface area contributed by atoms with Crippen LogP contribution in [0.4, 0.5) is 13.2 Å². The number of hydrogen-bond acceptors (Lipinski definition) is 3. The Labute approximate surface area is 126 Å². The summed E-state index contributed by atoms with van der Waals surface area (Å²) in [6, 6.07) is -0.993. The number of carbonyl (C=O) groups excluding carboxylic acids is 1. The molecule has 22 heavy (non-hydrogen) atoms. The Morgan fingerprint density at radius 2 is 1.82 bits per heavy atom. The summed E-state index contributed by atoms with van der Waals surface area (Å²) in [5.74, 6) is -2.78. The molecular formula is C14H20F3NO4. The molecule has 1 aliphatic heterocycles. The lowest BCUT2D eigenvalue weighted by molar-refractivity contribution is -0.184. The van der Waals surface area contributed by atoms with Gasteiger partial charge in [0, 0.05) is 13.0 Å². The molecule has 1 N–H and O–H groups in total. The van der Waals surface area contributed by atoms with Gasteiger partial charge in [0.1, 0.15) is 0 Å². The molecule has 1 heterocycles. The van der Waals surface area contributed by atoms with Gasteiger partial charge in [-0.1, -0.05) is 0 Å². The fraction of sp³-hybridized carbons (Fsp3) is 0.857. The minimum Gasteiger partial charge on any atom is -0.480 e. The fourth-order valence-corrected chi connectivity index (χ4v) is 3.16. The number of morpholine rings is 1. The number of halogens is 3. The minimum atomic E-state index is -4.16. The number of alkyl halides is 3. The van der Waals surface area contributed by atoms with Gasteiger partial charge in [0.2, 0.25) is 5.91 Å². The average molecular weight is 323 g/mol. The lowest BCUT2D eigenvalue weighted by Gasteiger charge is -2.35. The molecule has 1 amide bonds. The Kier molecular flexibility index (Phi) is 5.31. The normalized spacial score (nSPS) is 30.1. The van der Waals surface area contributed by atoms with E-state index in [0.29, 0.717) is 12.8 Å². The molecule has 0 aromatic rings. The van der Waals surface area contributed by atoms with Crippen LogP contribution in [0.1, 0.15) is 32.1 Å². The first-order valence-electron chi connectivity index (χ1n) is 7.45. The Hall–Kier alpha value is -1.31. The van der Waals surface area contributed by atoms with Gasteiger partial charge in [-0.25, -0.2) is 4.79 Å². The van der Waals surface area contributed by atoms with E-state index in [9.17, 15) is 22.8 Å². The SMILES string of the molecule is O=C(O)C1COCCN1C(=O)CC1CCC(C(F)(F)F)CC1. The maximum atomic E-state index is 12.6. The molecule has 0 aromatic carbocycles. The monoisotopic (exact) mass is 323 g/mol. The predicted molar refractivity (Wildman–Crippen MR) is 70.1 cm³/mol. The molecule has 8 heteroatoms. The van der Waals surface area contributed by atoms with E-state index < -0.39 is 24.1 Å². The van der Waals surface area contributed by atoms with Crippen molar-refractivity contribution in [2.75, 3.05) is 19.8 Å². The molecule has 0 bridgehead atoms. The van der Waals surface area contributed by atoms with Crippen LogP contribution < -0.4 is 0 Å². The van der Waals surface area contributed by atoms with Crippen LogP contribution in [0.2, 0.25) is 0 Å². The van der Waals surface area contributed by atoms with Gasteiger partial charge in [-0.05, 0) is 31.6 Å². The van der Waals surface area contributed by atoms with Crippen LogP contribution in [-0.2, 0) is 14.3 Å². The third kappa shape index (κ3) is 4.12. The molecule has 1 atom stereocenters. The van der Waals surface area contributed by atoms with Crippen LogP contribution in [0.5, 0.6) is 0 Å². The van der Waals surface area contributed by atoms with Crippen molar-refractivity contribution in [3.63, 3.8) is 0 Å². The van der Waals surface area contributed by atoms with Crippen molar-refractivity contribution >= 4 is 11.9 Å². The smallest absolute Gasteiger partial charge is 0.391 e. The van der Waals surface area contributed by atoms with Crippen molar-refractivity contribution < 1.29 is 32.6 Å². The zero-order chi connectivity index (χ0) is 16.3. The number of carboxylic acids is 1. The number of carboxylic acid groups (broad SMARTS) is 1. The zero-order valence-corrected chi connectivity index (χ0v) is 12.1. The molecule has 0 aromatic heterocycles.